The summed E-state index contributed by atoms with van der Waals surface area (Å²) in [5, 5.41) is 9.16. The van der Waals surface area contributed by atoms with Crippen LogP contribution in [0.1, 0.15) is 19.3 Å². The van der Waals surface area contributed by atoms with Gasteiger partial charge < -0.3 is 14.5 Å². The fourth-order valence-corrected chi connectivity index (χ4v) is 2.71. The fourth-order valence-electron chi connectivity index (χ4n) is 2.71. The van der Waals surface area contributed by atoms with Gasteiger partial charge in [0.2, 0.25) is 0 Å². The van der Waals surface area contributed by atoms with Crippen LogP contribution >= 0.6 is 0 Å². The van der Waals surface area contributed by atoms with Gasteiger partial charge in [0.1, 0.15) is 5.82 Å². The Kier molecular flexibility index (Phi) is 5.49. The van der Waals surface area contributed by atoms with E-state index < -0.39 is 0 Å². The molecular weight excluding hydrogens is 330 g/mol. The van der Waals surface area contributed by atoms with Crippen LogP contribution in [-0.2, 0) is 0 Å². The van der Waals surface area contributed by atoms with Crippen LogP contribution in [0, 0.1) is 11.3 Å². The highest BCUT2D eigenvalue weighted by Gasteiger charge is 2.15. The SMILES string of the molecule is COc1cccc(-c2nc3ccccc3c(=O)[nH]2)c1OCCCCC#N. The van der Waals surface area contributed by atoms with E-state index in [1.807, 2.05) is 18.2 Å². The number of nitrogens with one attached hydrogen (secondary N) is 1. The van der Waals surface area contributed by atoms with Crippen LogP contribution in [0.3, 0.4) is 0 Å². The van der Waals surface area contributed by atoms with Crippen LogP contribution < -0.4 is 15.0 Å². The molecule has 2 aromatic carbocycles. The number of fused-ring (bicyclic) bond motifs is 1. The van der Waals surface area contributed by atoms with Crippen LogP contribution in [0.2, 0.25) is 0 Å². The molecule has 0 saturated heterocycles. The molecule has 0 amide bonds. The zero-order valence-corrected chi connectivity index (χ0v) is 14.5. The number of nitrogens with zero attached hydrogens (tertiary/aromatic N) is 2. The molecule has 132 valence electrons. The van der Waals surface area contributed by atoms with Crippen molar-refractivity contribution in [2.24, 2.45) is 0 Å². The van der Waals surface area contributed by atoms with Gasteiger partial charge in [-0.2, -0.15) is 5.26 Å². The first-order valence-corrected chi connectivity index (χ1v) is 8.41. The second-order valence-corrected chi connectivity index (χ2v) is 5.73. The smallest absolute Gasteiger partial charge is 0.259 e. The molecule has 0 aliphatic rings. The van der Waals surface area contributed by atoms with Gasteiger partial charge in [0.05, 0.1) is 36.3 Å². The standard InChI is InChI=1S/C20H19N3O3/c1-25-17-11-7-9-15(18(17)26-13-6-2-5-12-21)19-22-16-10-4-3-8-14(16)20(24)23-19/h3-4,7-11H,2,5-6,13H2,1H3,(H,22,23,24). The van der Waals surface area contributed by atoms with E-state index in [4.69, 9.17) is 14.7 Å². The molecule has 26 heavy (non-hydrogen) atoms. The van der Waals surface area contributed by atoms with E-state index in [0.29, 0.717) is 46.8 Å². The number of hydrogen-bond donors (Lipinski definition) is 1. The van der Waals surface area contributed by atoms with E-state index in [0.717, 1.165) is 12.8 Å². The molecule has 0 atom stereocenters. The van der Waals surface area contributed by atoms with Gasteiger partial charge in [-0.3, -0.25) is 4.79 Å². The number of ether oxygens (including phenoxy) is 2. The monoisotopic (exact) mass is 349 g/mol. The average molecular weight is 349 g/mol. The van der Waals surface area contributed by atoms with Gasteiger partial charge in [-0.15, -0.1) is 0 Å². The van der Waals surface area contributed by atoms with Crippen molar-refractivity contribution in [2.75, 3.05) is 13.7 Å². The van der Waals surface area contributed by atoms with Crippen molar-refractivity contribution in [3.8, 4) is 29.0 Å². The Bertz CT molecular complexity index is 1010. The van der Waals surface area contributed by atoms with Crippen LogP contribution in [0.5, 0.6) is 11.5 Å². The van der Waals surface area contributed by atoms with Crippen LogP contribution in [0.25, 0.3) is 22.3 Å². The summed E-state index contributed by atoms with van der Waals surface area (Å²) in [6, 6.07) is 14.8. The first-order valence-electron chi connectivity index (χ1n) is 8.41. The van der Waals surface area contributed by atoms with E-state index >= 15 is 0 Å². The summed E-state index contributed by atoms with van der Waals surface area (Å²) in [4.78, 5) is 19.8. The Balaban J connectivity index is 1.99. The highest BCUT2D eigenvalue weighted by atomic mass is 16.5. The number of nitriles is 1. The van der Waals surface area contributed by atoms with Crippen molar-refractivity contribution in [3.63, 3.8) is 0 Å². The van der Waals surface area contributed by atoms with E-state index in [-0.39, 0.29) is 5.56 Å². The first-order chi connectivity index (χ1) is 12.7. The molecule has 6 heteroatoms. The van der Waals surface area contributed by atoms with Gasteiger partial charge >= 0.3 is 0 Å². The van der Waals surface area contributed by atoms with Crippen molar-refractivity contribution in [2.45, 2.75) is 19.3 Å². The molecule has 0 radical (unpaired) electrons. The van der Waals surface area contributed by atoms with Gasteiger partial charge in [-0.1, -0.05) is 18.2 Å². The predicted octanol–water partition coefficient (Wildman–Crippen LogP) is 3.67. The lowest BCUT2D eigenvalue weighted by Gasteiger charge is -2.14. The zero-order chi connectivity index (χ0) is 18.4. The van der Waals surface area contributed by atoms with E-state index in [9.17, 15) is 4.79 Å². The molecule has 0 aliphatic carbocycles. The summed E-state index contributed by atoms with van der Waals surface area (Å²) in [5.41, 5.74) is 1.08. The predicted molar refractivity (Wildman–Crippen MR) is 99.3 cm³/mol. The highest BCUT2D eigenvalue weighted by molar-refractivity contribution is 5.80. The number of H-pyrrole nitrogens is 1. The summed E-state index contributed by atoms with van der Waals surface area (Å²) >= 11 is 0. The third-order valence-electron chi connectivity index (χ3n) is 4.00. The van der Waals surface area contributed by atoms with Gasteiger partial charge in [-0.25, -0.2) is 4.98 Å². The van der Waals surface area contributed by atoms with Gasteiger partial charge in [0.25, 0.3) is 5.56 Å². The normalized spacial score (nSPS) is 10.5. The molecule has 1 heterocycles. The Morgan fingerprint density at radius 2 is 2.00 bits per heavy atom. The quantitative estimate of drug-likeness (QED) is 0.658. The molecule has 1 aromatic heterocycles. The van der Waals surface area contributed by atoms with Gasteiger partial charge in [0, 0.05) is 6.42 Å². The lowest BCUT2D eigenvalue weighted by atomic mass is 10.1. The highest BCUT2D eigenvalue weighted by Crippen LogP contribution is 2.36. The summed E-state index contributed by atoms with van der Waals surface area (Å²) in [5.74, 6) is 1.53. The van der Waals surface area contributed by atoms with Crippen molar-refractivity contribution in [1.29, 1.82) is 5.26 Å². The maximum atomic E-state index is 12.4. The second-order valence-electron chi connectivity index (χ2n) is 5.73. The van der Waals surface area contributed by atoms with Crippen LogP contribution in [-0.4, -0.2) is 23.7 Å². The van der Waals surface area contributed by atoms with E-state index in [1.54, 1.807) is 31.4 Å². The number of hydrogen-bond acceptors (Lipinski definition) is 5. The van der Waals surface area contributed by atoms with Gasteiger partial charge in [-0.05, 0) is 37.1 Å². The lowest BCUT2D eigenvalue weighted by molar-refractivity contribution is 0.288. The number of aromatic nitrogens is 2. The number of para-hydroxylation sites is 2. The summed E-state index contributed by atoms with van der Waals surface area (Å²) in [7, 11) is 1.57. The van der Waals surface area contributed by atoms with Crippen molar-refractivity contribution in [3.05, 3.63) is 52.8 Å². The molecule has 3 aromatic rings. The molecule has 0 unspecified atom stereocenters. The largest absolute Gasteiger partial charge is 0.493 e. The number of aromatic amines is 1. The number of unbranched alkanes of at least 4 members (excludes halogenated alkanes) is 2. The third kappa shape index (κ3) is 3.67. The first kappa shape index (κ1) is 17.5. The minimum absolute atomic E-state index is 0.201. The Morgan fingerprint density at radius 1 is 1.15 bits per heavy atom. The third-order valence-corrected chi connectivity index (χ3v) is 4.00. The van der Waals surface area contributed by atoms with Crippen molar-refractivity contribution >= 4 is 10.9 Å². The molecule has 0 spiro atoms. The molecule has 0 bridgehead atoms. The average Bonchev–Trinajstić information content (AvgIpc) is 2.67. The maximum Gasteiger partial charge on any atom is 0.259 e. The minimum atomic E-state index is -0.201. The lowest BCUT2D eigenvalue weighted by Crippen LogP contribution is -2.10. The van der Waals surface area contributed by atoms with E-state index in [2.05, 4.69) is 16.0 Å². The molecule has 3 rings (SSSR count). The Labute approximate surface area is 151 Å². The molecular formula is C20H19N3O3. The Morgan fingerprint density at radius 3 is 2.81 bits per heavy atom. The number of benzene rings is 2. The van der Waals surface area contributed by atoms with E-state index in [1.165, 1.54) is 0 Å². The molecule has 1 N–H and O–H groups in total. The zero-order valence-electron chi connectivity index (χ0n) is 14.5. The van der Waals surface area contributed by atoms with Gasteiger partial charge in [0.15, 0.2) is 11.5 Å². The fraction of sp³-hybridized carbons (Fsp3) is 0.250. The molecule has 0 aliphatic heterocycles. The summed E-state index contributed by atoms with van der Waals surface area (Å²) in [6.07, 6.45) is 2.03. The topological polar surface area (TPSA) is 88.0 Å². The summed E-state index contributed by atoms with van der Waals surface area (Å²) < 4.78 is 11.3. The minimum Gasteiger partial charge on any atom is -0.493 e. The molecule has 0 saturated carbocycles. The molecule has 0 fully saturated rings. The maximum absolute atomic E-state index is 12.4. The summed E-state index contributed by atoms with van der Waals surface area (Å²) in [6.45, 7) is 0.451. The Hall–Kier alpha value is -3.33. The number of methoxy groups -OCH3 is 1. The van der Waals surface area contributed by atoms with Crippen LogP contribution in [0.4, 0.5) is 0 Å². The second kappa shape index (κ2) is 8.17. The van der Waals surface area contributed by atoms with Crippen LogP contribution in [0.15, 0.2) is 47.3 Å². The van der Waals surface area contributed by atoms with Crippen molar-refractivity contribution in [1.82, 2.24) is 9.97 Å². The van der Waals surface area contributed by atoms with Crippen molar-refractivity contribution < 1.29 is 9.47 Å². The molecule has 6 nitrogen and oxygen atoms in total. The number of rotatable bonds is 7.